The van der Waals surface area contributed by atoms with E-state index in [1.165, 1.54) is 11.1 Å². The largest absolute Gasteiger partial charge is 0.370 e. The third-order valence-electron chi connectivity index (χ3n) is 2.88. The number of nitrogens with zero attached hydrogens (tertiary/aromatic N) is 2. The van der Waals surface area contributed by atoms with Crippen LogP contribution in [0.15, 0.2) is 36.5 Å². The SMILES string of the molecule is CNCc1nccc(NCCc2ccc(C)cc2)n1. The van der Waals surface area contributed by atoms with Crippen molar-refractivity contribution in [2.24, 2.45) is 0 Å². The normalized spacial score (nSPS) is 10.4. The van der Waals surface area contributed by atoms with Crippen LogP contribution >= 0.6 is 0 Å². The Morgan fingerprint density at radius 3 is 2.63 bits per heavy atom. The molecule has 4 heteroatoms. The predicted molar refractivity (Wildman–Crippen MR) is 78.2 cm³/mol. The fourth-order valence-corrected chi connectivity index (χ4v) is 1.83. The molecule has 2 rings (SSSR count). The van der Waals surface area contributed by atoms with Crippen LogP contribution in [0, 0.1) is 6.92 Å². The standard InChI is InChI=1S/C15H20N4/c1-12-3-5-13(6-4-12)7-9-17-14-8-10-18-15(19-14)11-16-2/h3-6,8,10,16H,7,9,11H2,1-2H3,(H,17,18,19). The van der Waals surface area contributed by atoms with Gasteiger partial charge in [-0.25, -0.2) is 9.97 Å². The quantitative estimate of drug-likeness (QED) is 0.831. The number of hydrogen-bond donors (Lipinski definition) is 2. The molecule has 2 N–H and O–H groups in total. The Bertz CT molecular complexity index is 508. The van der Waals surface area contributed by atoms with Crippen molar-refractivity contribution in [1.29, 1.82) is 0 Å². The van der Waals surface area contributed by atoms with Crippen LogP contribution in [0.3, 0.4) is 0 Å². The van der Waals surface area contributed by atoms with E-state index in [1.807, 2.05) is 13.1 Å². The van der Waals surface area contributed by atoms with Gasteiger partial charge in [0.1, 0.15) is 11.6 Å². The molecule has 0 aliphatic carbocycles. The minimum absolute atomic E-state index is 0.688. The second-order valence-electron chi connectivity index (χ2n) is 4.55. The second kappa shape index (κ2) is 6.85. The zero-order valence-electron chi connectivity index (χ0n) is 11.5. The van der Waals surface area contributed by atoms with Crippen molar-refractivity contribution in [3.8, 4) is 0 Å². The first-order chi connectivity index (χ1) is 9.28. The summed E-state index contributed by atoms with van der Waals surface area (Å²) in [5, 5.41) is 6.37. The van der Waals surface area contributed by atoms with E-state index in [1.54, 1.807) is 6.20 Å². The smallest absolute Gasteiger partial charge is 0.144 e. The molecule has 0 radical (unpaired) electrons. The third kappa shape index (κ3) is 4.34. The van der Waals surface area contributed by atoms with Crippen molar-refractivity contribution < 1.29 is 0 Å². The molecule has 19 heavy (non-hydrogen) atoms. The van der Waals surface area contributed by atoms with Gasteiger partial charge in [0, 0.05) is 12.7 Å². The average molecular weight is 256 g/mol. The van der Waals surface area contributed by atoms with Gasteiger partial charge in [-0.05, 0) is 32.0 Å². The van der Waals surface area contributed by atoms with E-state index in [2.05, 4.69) is 51.8 Å². The Morgan fingerprint density at radius 1 is 1.11 bits per heavy atom. The minimum Gasteiger partial charge on any atom is -0.370 e. The first kappa shape index (κ1) is 13.5. The molecule has 2 aromatic rings. The van der Waals surface area contributed by atoms with Crippen molar-refractivity contribution in [2.75, 3.05) is 18.9 Å². The maximum Gasteiger partial charge on any atom is 0.144 e. The Balaban J connectivity index is 1.85. The van der Waals surface area contributed by atoms with E-state index in [4.69, 9.17) is 0 Å². The lowest BCUT2D eigenvalue weighted by atomic mass is 10.1. The highest BCUT2D eigenvalue weighted by atomic mass is 15.0. The molecule has 1 heterocycles. The highest BCUT2D eigenvalue weighted by Crippen LogP contribution is 2.06. The molecule has 0 atom stereocenters. The fraction of sp³-hybridized carbons (Fsp3) is 0.333. The van der Waals surface area contributed by atoms with Gasteiger partial charge < -0.3 is 10.6 Å². The fourth-order valence-electron chi connectivity index (χ4n) is 1.83. The van der Waals surface area contributed by atoms with E-state index in [9.17, 15) is 0 Å². The van der Waals surface area contributed by atoms with Crippen LogP contribution in [-0.4, -0.2) is 23.6 Å². The van der Waals surface area contributed by atoms with Gasteiger partial charge in [-0.1, -0.05) is 29.8 Å². The summed E-state index contributed by atoms with van der Waals surface area (Å²) < 4.78 is 0. The van der Waals surface area contributed by atoms with Crippen LogP contribution in [0.5, 0.6) is 0 Å². The summed E-state index contributed by atoms with van der Waals surface area (Å²) in [6.07, 6.45) is 2.78. The van der Waals surface area contributed by atoms with Gasteiger partial charge in [-0.2, -0.15) is 0 Å². The molecular weight excluding hydrogens is 236 g/mol. The predicted octanol–water partition coefficient (Wildman–Crippen LogP) is 2.16. The van der Waals surface area contributed by atoms with Gasteiger partial charge in [0.05, 0.1) is 6.54 Å². The average Bonchev–Trinajstić information content (AvgIpc) is 2.42. The highest BCUT2D eigenvalue weighted by molar-refractivity contribution is 5.33. The molecule has 1 aromatic heterocycles. The number of anilines is 1. The molecule has 0 unspecified atom stereocenters. The first-order valence-corrected chi connectivity index (χ1v) is 6.54. The Hall–Kier alpha value is -1.94. The van der Waals surface area contributed by atoms with E-state index >= 15 is 0 Å². The van der Waals surface area contributed by atoms with Gasteiger partial charge in [0.15, 0.2) is 0 Å². The zero-order chi connectivity index (χ0) is 13.5. The van der Waals surface area contributed by atoms with E-state index in [-0.39, 0.29) is 0 Å². The van der Waals surface area contributed by atoms with Crippen molar-refractivity contribution in [3.05, 3.63) is 53.5 Å². The molecule has 1 aromatic carbocycles. The van der Waals surface area contributed by atoms with E-state index in [0.29, 0.717) is 6.54 Å². The molecular formula is C15H20N4. The van der Waals surface area contributed by atoms with Crippen molar-refractivity contribution in [1.82, 2.24) is 15.3 Å². The molecule has 0 spiro atoms. The monoisotopic (exact) mass is 256 g/mol. The molecule has 100 valence electrons. The Labute approximate surface area is 114 Å². The summed E-state index contributed by atoms with van der Waals surface area (Å²) in [4.78, 5) is 8.61. The Morgan fingerprint density at radius 2 is 1.89 bits per heavy atom. The first-order valence-electron chi connectivity index (χ1n) is 6.54. The van der Waals surface area contributed by atoms with Crippen molar-refractivity contribution in [3.63, 3.8) is 0 Å². The number of aryl methyl sites for hydroxylation is 1. The number of nitrogens with one attached hydrogen (secondary N) is 2. The molecule has 0 fully saturated rings. The number of rotatable bonds is 6. The van der Waals surface area contributed by atoms with Crippen LogP contribution in [0.25, 0.3) is 0 Å². The zero-order valence-corrected chi connectivity index (χ0v) is 11.5. The summed E-state index contributed by atoms with van der Waals surface area (Å²) >= 11 is 0. The second-order valence-corrected chi connectivity index (χ2v) is 4.55. The van der Waals surface area contributed by atoms with Gasteiger partial charge in [-0.15, -0.1) is 0 Å². The van der Waals surface area contributed by atoms with Crippen LogP contribution < -0.4 is 10.6 Å². The lowest BCUT2D eigenvalue weighted by Gasteiger charge is -2.07. The van der Waals surface area contributed by atoms with Crippen LogP contribution in [0.2, 0.25) is 0 Å². The number of hydrogen-bond acceptors (Lipinski definition) is 4. The van der Waals surface area contributed by atoms with Gasteiger partial charge in [-0.3, -0.25) is 0 Å². The summed E-state index contributed by atoms with van der Waals surface area (Å²) in [5.74, 6) is 1.69. The molecule has 0 amide bonds. The highest BCUT2D eigenvalue weighted by Gasteiger charge is 1.98. The molecule has 0 saturated heterocycles. The topological polar surface area (TPSA) is 49.8 Å². The summed E-state index contributed by atoms with van der Waals surface area (Å²) in [6.45, 7) is 3.67. The minimum atomic E-state index is 0.688. The van der Waals surface area contributed by atoms with E-state index in [0.717, 1.165) is 24.6 Å². The van der Waals surface area contributed by atoms with Gasteiger partial charge in [0.25, 0.3) is 0 Å². The molecule has 0 aliphatic rings. The summed E-state index contributed by atoms with van der Waals surface area (Å²) in [7, 11) is 1.89. The summed E-state index contributed by atoms with van der Waals surface area (Å²) in [6, 6.07) is 10.5. The molecule has 0 aliphatic heterocycles. The lowest BCUT2D eigenvalue weighted by molar-refractivity contribution is 0.758. The van der Waals surface area contributed by atoms with Crippen LogP contribution in [0.4, 0.5) is 5.82 Å². The molecule has 0 saturated carbocycles. The van der Waals surface area contributed by atoms with Gasteiger partial charge >= 0.3 is 0 Å². The van der Waals surface area contributed by atoms with Crippen molar-refractivity contribution in [2.45, 2.75) is 19.9 Å². The lowest BCUT2D eigenvalue weighted by Crippen LogP contribution is -2.11. The van der Waals surface area contributed by atoms with Gasteiger partial charge in [0.2, 0.25) is 0 Å². The maximum atomic E-state index is 4.42. The number of aromatic nitrogens is 2. The summed E-state index contributed by atoms with van der Waals surface area (Å²) in [5.41, 5.74) is 2.63. The van der Waals surface area contributed by atoms with Crippen LogP contribution in [-0.2, 0) is 13.0 Å². The molecule has 4 nitrogen and oxygen atoms in total. The van der Waals surface area contributed by atoms with Crippen molar-refractivity contribution >= 4 is 5.82 Å². The third-order valence-corrected chi connectivity index (χ3v) is 2.88. The Kier molecular flexibility index (Phi) is 4.86. The maximum absolute atomic E-state index is 4.42. The van der Waals surface area contributed by atoms with E-state index < -0.39 is 0 Å². The molecule has 0 bridgehead atoms. The van der Waals surface area contributed by atoms with Crippen LogP contribution in [0.1, 0.15) is 17.0 Å². The number of benzene rings is 1.